The molecule has 0 aromatic carbocycles. The monoisotopic (exact) mass is 838 g/mol. The molecule has 340 valence electrons. The summed E-state index contributed by atoms with van der Waals surface area (Å²) in [7, 11) is 1.35. The summed E-state index contributed by atoms with van der Waals surface area (Å²) in [6, 6.07) is 0. The van der Waals surface area contributed by atoms with Crippen LogP contribution in [0.25, 0.3) is 0 Å². The first-order valence-electron chi connectivity index (χ1n) is 23.9. The van der Waals surface area contributed by atoms with Crippen LogP contribution in [0.4, 0.5) is 0 Å². The van der Waals surface area contributed by atoms with E-state index in [0.29, 0.717) is 24.1 Å². The summed E-state index contributed by atoms with van der Waals surface area (Å²) in [5, 5.41) is 0. The highest BCUT2D eigenvalue weighted by Crippen LogP contribution is 2.38. The quantitative estimate of drug-likeness (QED) is 0.0198. The van der Waals surface area contributed by atoms with Gasteiger partial charge in [-0.3, -0.25) is 9.36 Å². The van der Waals surface area contributed by atoms with E-state index < -0.39 is 13.9 Å². The fraction of sp³-hybridized carbons (Fsp3) is 0.816. The lowest BCUT2D eigenvalue weighted by atomic mass is 10.0. The topological polar surface area (TPSA) is 94.1 Å². The van der Waals surface area contributed by atoms with E-state index in [0.717, 1.165) is 44.9 Å². The van der Waals surface area contributed by atoms with Gasteiger partial charge in [-0.1, -0.05) is 172 Å². The Bertz CT molecular complexity index is 1070. The van der Waals surface area contributed by atoms with E-state index in [9.17, 15) is 14.3 Å². The molecule has 0 N–H and O–H groups in total. The van der Waals surface area contributed by atoms with Gasteiger partial charge in [0.15, 0.2) is 0 Å². The molecule has 0 amide bonds. The number of phosphoric acid groups is 1. The highest BCUT2D eigenvalue weighted by atomic mass is 31.2. The third-order valence-corrected chi connectivity index (χ3v) is 11.0. The summed E-state index contributed by atoms with van der Waals surface area (Å²) in [4.78, 5) is 25.1. The van der Waals surface area contributed by atoms with Gasteiger partial charge in [0, 0.05) is 13.0 Å². The van der Waals surface area contributed by atoms with Crippen LogP contribution in [0.15, 0.2) is 48.6 Å². The minimum absolute atomic E-state index is 0.0230. The van der Waals surface area contributed by atoms with Crippen molar-refractivity contribution in [3.63, 3.8) is 0 Å². The van der Waals surface area contributed by atoms with Crippen LogP contribution in [0.1, 0.15) is 200 Å². The smallest absolute Gasteiger partial charge is 0.306 e. The molecule has 0 heterocycles. The molecule has 0 bridgehead atoms. The molecule has 2 unspecified atom stereocenters. The molecule has 0 saturated carbocycles. The number of carbonyl (C=O) groups excluding carboxylic acids is 1. The Morgan fingerprint density at radius 2 is 0.983 bits per heavy atom. The van der Waals surface area contributed by atoms with Crippen molar-refractivity contribution < 1.29 is 37.3 Å². The van der Waals surface area contributed by atoms with Crippen molar-refractivity contribution in [2.24, 2.45) is 0 Å². The van der Waals surface area contributed by atoms with Crippen LogP contribution in [0.3, 0.4) is 0 Å². The molecule has 0 aromatic heterocycles. The molecule has 0 aliphatic rings. The van der Waals surface area contributed by atoms with E-state index in [2.05, 4.69) is 62.5 Å². The standard InChI is InChI=1S/C49H92NO7P/c1-6-8-10-12-14-16-18-19-20-21-22-23-24-25-26-27-28-29-30-31-32-34-36-38-40-42-49(51)57-48(47-56-58(52,53)55-45-43-50(3,4)5)46-54-44-41-39-37-35-33-17-15-13-11-9-7-2/h11,13,18-19,21-22,24-25,48H,6-10,12,14-17,20,23,26-47H2,1-5H3/b13-11-,19-18-,22-21-,25-24-. The zero-order valence-corrected chi connectivity index (χ0v) is 39.4. The van der Waals surface area contributed by atoms with Gasteiger partial charge in [-0.15, -0.1) is 0 Å². The summed E-state index contributed by atoms with van der Waals surface area (Å²) in [5.74, 6) is -0.341. The van der Waals surface area contributed by atoms with Crippen molar-refractivity contribution in [3.8, 4) is 0 Å². The number of phosphoric ester groups is 1. The first-order valence-corrected chi connectivity index (χ1v) is 25.3. The van der Waals surface area contributed by atoms with Crippen molar-refractivity contribution in [1.29, 1.82) is 0 Å². The fourth-order valence-electron chi connectivity index (χ4n) is 6.38. The Labute approximate surface area is 358 Å². The number of likely N-dealkylation sites (N-methyl/N-ethyl adjacent to an activating group) is 1. The van der Waals surface area contributed by atoms with Crippen LogP contribution in [0.5, 0.6) is 0 Å². The van der Waals surface area contributed by atoms with Gasteiger partial charge in [-0.2, -0.15) is 0 Å². The lowest BCUT2D eigenvalue weighted by Gasteiger charge is -2.28. The van der Waals surface area contributed by atoms with Gasteiger partial charge in [0.2, 0.25) is 0 Å². The number of hydrogen-bond acceptors (Lipinski definition) is 7. The summed E-state index contributed by atoms with van der Waals surface area (Å²) < 4.78 is 34.6. The Balaban J connectivity index is 4.10. The van der Waals surface area contributed by atoms with Crippen LogP contribution in [0.2, 0.25) is 0 Å². The number of allylic oxidation sites excluding steroid dienone is 8. The molecular weight excluding hydrogens is 746 g/mol. The molecule has 2 atom stereocenters. The van der Waals surface area contributed by atoms with Crippen LogP contribution >= 0.6 is 7.82 Å². The van der Waals surface area contributed by atoms with Gasteiger partial charge in [-0.05, 0) is 70.6 Å². The van der Waals surface area contributed by atoms with Gasteiger partial charge in [-0.25, -0.2) is 0 Å². The van der Waals surface area contributed by atoms with Gasteiger partial charge in [0.1, 0.15) is 19.3 Å². The normalized spacial score (nSPS) is 14.1. The average molecular weight is 838 g/mol. The number of ether oxygens (including phenoxy) is 2. The molecule has 0 fully saturated rings. The summed E-state index contributed by atoms with van der Waals surface area (Å²) >= 11 is 0. The molecule has 0 aliphatic heterocycles. The van der Waals surface area contributed by atoms with E-state index in [1.807, 2.05) is 21.1 Å². The van der Waals surface area contributed by atoms with E-state index in [4.69, 9.17) is 18.5 Å². The Hall–Kier alpha value is -1.54. The lowest BCUT2D eigenvalue weighted by molar-refractivity contribution is -0.870. The van der Waals surface area contributed by atoms with E-state index in [1.54, 1.807) is 0 Å². The number of esters is 1. The third-order valence-electron chi connectivity index (χ3n) is 10.1. The second kappa shape index (κ2) is 42.2. The molecule has 0 saturated heterocycles. The van der Waals surface area contributed by atoms with Crippen LogP contribution in [0, 0.1) is 0 Å². The fourth-order valence-corrected chi connectivity index (χ4v) is 7.11. The second-order valence-corrected chi connectivity index (χ2v) is 18.5. The Morgan fingerprint density at radius 1 is 0.534 bits per heavy atom. The van der Waals surface area contributed by atoms with Gasteiger partial charge >= 0.3 is 5.97 Å². The van der Waals surface area contributed by atoms with Gasteiger partial charge < -0.3 is 27.9 Å². The zero-order chi connectivity index (χ0) is 42.7. The van der Waals surface area contributed by atoms with Gasteiger partial charge in [0.25, 0.3) is 7.82 Å². The van der Waals surface area contributed by atoms with Crippen molar-refractivity contribution in [3.05, 3.63) is 48.6 Å². The minimum Gasteiger partial charge on any atom is -0.756 e. The summed E-state index contributed by atoms with van der Waals surface area (Å²) in [5.41, 5.74) is 0. The SMILES string of the molecule is CCC/C=C\CCCCCCCCOCC(COP(=O)([O-])OCC[N+](C)(C)C)OC(=O)CCCCCCCCCCCC/C=C\C/C=C\C/C=C\CCCCCCC. The van der Waals surface area contributed by atoms with Crippen LogP contribution < -0.4 is 4.89 Å². The molecule has 0 aromatic rings. The molecule has 0 rings (SSSR count). The molecule has 9 heteroatoms. The number of unbranched alkanes of at least 4 members (excludes halogenated alkanes) is 22. The van der Waals surface area contributed by atoms with Crippen molar-refractivity contribution in [1.82, 2.24) is 0 Å². The van der Waals surface area contributed by atoms with E-state index in [-0.39, 0.29) is 25.8 Å². The molecule has 0 radical (unpaired) electrons. The maximum atomic E-state index is 12.7. The number of nitrogens with zero attached hydrogens (tertiary/aromatic N) is 1. The number of quaternary nitrogens is 1. The maximum absolute atomic E-state index is 12.7. The summed E-state index contributed by atoms with van der Waals surface area (Å²) in [6.45, 7) is 5.33. The molecule has 0 spiro atoms. The van der Waals surface area contributed by atoms with E-state index >= 15 is 0 Å². The Kier molecular flexibility index (Phi) is 41.0. The minimum atomic E-state index is -4.53. The highest BCUT2D eigenvalue weighted by Gasteiger charge is 2.20. The predicted molar refractivity (Wildman–Crippen MR) is 245 cm³/mol. The van der Waals surface area contributed by atoms with Crippen molar-refractivity contribution in [2.75, 3.05) is 54.1 Å². The van der Waals surface area contributed by atoms with Gasteiger partial charge in [0.05, 0.1) is 34.4 Å². The van der Waals surface area contributed by atoms with Crippen molar-refractivity contribution in [2.45, 2.75) is 206 Å². The average Bonchev–Trinajstić information content (AvgIpc) is 3.18. The first-order chi connectivity index (χ1) is 28.1. The van der Waals surface area contributed by atoms with E-state index in [1.165, 1.54) is 135 Å². The maximum Gasteiger partial charge on any atom is 0.306 e. The Morgan fingerprint density at radius 3 is 1.50 bits per heavy atom. The largest absolute Gasteiger partial charge is 0.756 e. The number of carbonyl (C=O) groups is 1. The predicted octanol–water partition coefficient (Wildman–Crippen LogP) is 13.7. The lowest BCUT2D eigenvalue weighted by Crippen LogP contribution is -2.37. The molecule has 58 heavy (non-hydrogen) atoms. The number of rotatable bonds is 44. The second-order valence-electron chi connectivity index (χ2n) is 17.1. The molecule has 0 aliphatic carbocycles. The molecular formula is C49H92NO7P. The third kappa shape index (κ3) is 45.5. The number of hydrogen-bond donors (Lipinski definition) is 0. The summed E-state index contributed by atoms with van der Waals surface area (Å²) in [6.07, 6.45) is 51.3. The molecule has 8 nitrogen and oxygen atoms in total. The highest BCUT2D eigenvalue weighted by molar-refractivity contribution is 7.45. The first kappa shape index (κ1) is 56.5. The van der Waals surface area contributed by atoms with Crippen LogP contribution in [-0.2, 0) is 27.9 Å². The van der Waals surface area contributed by atoms with Crippen LogP contribution in [-0.4, -0.2) is 70.7 Å². The zero-order valence-electron chi connectivity index (χ0n) is 38.5. The van der Waals surface area contributed by atoms with Crippen molar-refractivity contribution >= 4 is 13.8 Å².